The van der Waals surface area contributed by atoms with E-state index in [1.165, 1.54) is 12.0 Å². The minimum atomic E-state index is -0.866. The number of carbonyl (C=O) groups is 1. The Morgan fingerprint density at radius 2 is 1.94 bits per heavy atom. The molecule has 1 aromatic carbocycles. The third-order valence-electron chi connectivity index (χ3n) is 3.55. The Morgan fingerprint density at radius 3 is 2.47 bits per heavy atom. The van der Waals surface area contributed by atoms with Crippen LogP contribution >= 0.6 is 0 Å². The highest BCUT2D eigenvalue weighted by molar-refractivity contribution is 5.87. The molecule has 0 aliphatic carbocycles. The lowest BCUT2D eigenvalue weighted by Gasteiger charge is -2.34. The van der Waals surface area contributed by atoms with Crippen LogP contribution < -0.4 is 5.32 Å². The van der Waals surface area contributed by atoms with E-state index in [2.05, 4.69) is 19.2 Å². The van der Waals surface area contributed by atoms with E-state index in [1.54, 1.807) is 12.1 Å². The number of carboxylic acid groups (broad SMARTS) is 1. The van der Waals surface area contributed by atoms with Crippen molar-refractivity contribution in [3.8, 4) is 0 Å². The van der Waals surface area contributed by atoms with Crippen LogP contribution in [0.2, 0.25) is 0 Å². The van der Waals surface area contributed by atoms with Gasteiger partial charge < -0.3 is 10.4 Å². The van der Waals surface area contributed by atoms with Gasteiger partial charge >= 0.3 is 5.97 Å². The van der Waals surface area contributed by atoms with E-state index in [9.17, 15) is 4.79 Å². The van der Waals surface area contributed by atoms with Crippen LogP contribution in [0.4, 0.5) is 0 Å². The van der Waals surface area contributed by atoms with Gasteiger partial charge in [0.2, 0.25) is 0 Å². The molecule has 1 aromatic rings. The van der Waals surface area contributed by atoms with Crippen molar-refractivity contribution in [1.29, 1.82) is 0 Å². The summed E-state index contributed by atoms with van der Waals surface area (Å²) in [6.45, 7) is 5.54. The summed E-state index contributed by atoms with van der Waals surface area (Å²) in [6, 6.07) is 7.57. The van der Waals surface area contributed by atoms with E-state index in [0.29, 0.717) is 17.5 Å². The average molecular weight is 233 g/mol. The maximum absolute atomic E-state index is 10.8. The maximum Gasteiger partial charge on any atom is 0.335 e. The lowest BCUT2D eigenvalue weighted by Crippen LogP contribution is -2.37. The molecule has 3 nitrogen and oxygen atoms in total. The van der Waals surface area contributed by atoms with Crippen molar-refractivity contribution in [3.63, 3.8) is 0 Å². The van der Waals surface area contributed by atoms with Gasteiger partial charge in [-0.05, 0) is 42.5 Å². The molecular formula is C14H19NO2. The largest absolute Gasteiger partial charge is 0.478 e. The molecule has 1 aliphatic rings. The summed E-state index contributed by atoms with van der Waals surface area (Å²) < 4.78 is 0. The molecule has 0 bridgehead atoms. The molecule has 0 saturated carbocycles. The lowest BCUT2D eigenvalue weighted by molar-refractivity contribution is 0.0697. The molecule has 1 heterocycles. The number of carboxylic acids is 1. The van der Waals surface area contributed by atoms with Gasteiger partial charge in [-0.25, -0.2) is 4.79 Å². The van der Waals surface area contributed by atoms with E-state index in [0.717, 1.165) is 12.5 Å². The van der Waals surface area contributed by atoms with Crippen LogP contribution in [0.25, 0.3) is 0 Å². The van der Waals surface area contributed by atoms with Crippen LogP contribution in [0.5, 0.6) is 0 Å². The topological polar surface area (TPSA) is 49.3 Å². The fourth-order valence-electron chi connectivity index (χ4n) is 2.66. The highest BCUT2D eigenvalue weighted by Gasteiger charge is 2.25. The summed E-state index contributed by atoms with van der Waals surface area (Å²) in [5, 5.41) is 12.4. The predicted octanol–water partition coefficient (Wildman–Crippen LogP) is 2.69. The first kappa shape index (κ1) is 12.1. The smallest absolute Gasteiger partial charge is 0.335 e. The fourth-order valence-corrected chi connectivity index (χ4v) is 2.66. The zero-order valence-corrected chi connectivity index (χ0v) is 10.3. The Bertz CT molecular complexity index is 399. The van der Waals surface area contributed by atoms with Gasteiger partial charge in [-0.2, -0.15) is 0 Å². The first-order valence-electron chi connectivity index (χ1n) is 6.14. The summed E-state index contributed by atoms with van der Waals surface area (Å²) in [4.78, 5) is 10.8. The molecule has 3 unspecified atom stereocenters. The molecular weight excluding hydrogens is 214 g/mol. The van der Waals surface area contributed by atoms with Gasteiger partial charge in [-0.15, -0.1) is 0 Å². The third kappa shape index (κ3) is 2.67. The molecule has 92 valence electrons. The highest BCUT2D eigenvalue weighted by atomic mass is 16.4. The Hall–Kier alpha value is -1.35. The van der Waals surface area contributed by atoms with Crippen LogP contribution in [0.1, 0.15) is 42.2 Å². The predicted molar refractivity (Wildman–Crippen MR) is 67.1 cm³/mol. The second-order valence-corrected chi connectivity index (χ2v) is 5.13. The van der Waals surface area contributed by atoms with Crippen LogP contribution in [0.3, 0.4) is 0 Å². The standard InChI is InChI=1S/C14H19NO2/c1-9-7-10(2)13(15-8-9)11-3-5-12(6-4-11)14(16)17/h3-6,9-10,13,15H,7-8H2,1-2H3,(H,16,17). The zero-order valence-electron chi connectivity index (χ0n) is 10.3. The molecule has 0 spiro atoms. The summed E-state index contributed by atoms with van der Waals surface area (Å²) >= 11 is 0. The number of rotatable bonds is 2. The summed E-state index contributed by atoms with van der Waals surface area (Å²) in [5.41, 5.74) is 1.54. The Balaban J connectivity index is 2.14. The van der Waals surface area contributed by atoms with Gasteiger partial charge in [0.05, 0.1) is 5.56 Å². The van der Waals surface area contributed by atoms with Crippen LogP contribution in [0.15, 0.2) is 24.3 Å². The Kier molecular flexibility index (Phi) is 3.48. The van der Waals surface area contributed by atoms with E-state index in [-0.39, 0.29) is 0 Å². The number of nitrogens with one attached hydrogen (secondary N) is 1. The second-order valence-electron chi connectivity index (χ2n) is 5.13. The lowest BCUT2D eigenvalue weighted by atomic mass is 9.83. The number of piperidine rings is 1. The zero-order chi connectivity index (χ0) is 12.4. The normalized spacial score (nSPS) is 28.9. The molecule has 1 aliphatic heterocycles. The van der Waals surface area contributed by atoms with Gasteiger partial charge in [0, 0.05) is 6.04 Å². The molecule has 3 atom stereocenters. The van der Waals surface area contributed by atoms with Crippen molar-refractivity contribution in [1.82, 2.24) is 5.32 Å². The summed E-state index contributed by atoms with van der Waals surface area (Å²) in [6.07, 6.45) is 1.22. The minimum absolute atomic E-state index is 0.352. The van der Waals surface area contributed by atoms with Crippen molar-refractivity contribution in [2.24, 2.45) is 11.8 Å². The molecule has 2 N–H and O–H groups in total. The molecule has 0 amide bonds. The molecule has 2 rings (SSSR count). The number of benzene rings is 1. The summed E-state index contributed by atoms with van der Waals surface area (Å²) in [5.74, 6) is 0.448. The van der Waals surface area contributed by atoms with E-state index in [1.807, 2.05) is 12.1 Å². The van der Waals surface area contributed by atoms with Gasteiger partial charge in [-0.1, -0.05) is 26.0 Å². The molecule has 0 aromatic heterocycles. The highest BCUT2D eigenvalue weighted by Crippen LogP contribution is 2.31. The quantitative estimate of drug-likeness (QED) is 0.825. The van der Waals surface area contributed by atoms with Crippen LogP contribution in [-0.2, 0) is 0 Å². The first-order valence-corrected chi connectivity index (χ1v) is 6.14. The summed E-state index contributed by atoms with van der Waals surface area (Å²) in [7, 11) is 0. The van der Waals surface area contributed by atoms with Gasteiger partial charge in [0.25, 0.3) is 0 Å². The van der Waals surface area contributed by atoms with Crippen LogP contribution in [0, 0.1) is 11.8 Å². The molecule has 1 saturated heterocycles. The second kappa shape index (κ2) is 4.88. The van der Waals surface area contributed by atoms with Gasteiger partial charge in [-0.3, -0.25) is 0 Å². The van der Waals surface area contributed by atoms with Gasteiger partial charge in [0.15, 0.2) is 0 Å². The fraction of sp³-hybridized carbons (Fsp3) is 0.500. The van der Waals surface area contributed by atoms with Crippen LogP contribution in [-0.4, -0.2) is 17.6 Å². The minimum Gasteiger partial charge on any atom is -0.478 e. The average Bonchev–Trinajstić information content (AvgIpc) is 2.29. The van der Waals surface area contributed by atoms with E-state index < -0.39 is 5.97 Å². The van der Waals surface area contributed by atoms with Crippen molar-refractivity contribution in [2.45, 2.75) is 26.3 Å². The molecule has 17 heavy (non-hydrogen) atoms. The molecule has 3 heteroatoms. The van der Waals surface area contributed by atoms with Crippen molar-refractivity contribution >= 4 is 5.97 Å². The maximum atomic E-state index is 10.8. The number of hydrogen-bond acceptors (Lipinski definition) is 2. The van der Waals surface area contributed by atoms with Crippen molar-refractivity contribution < 1.29 is 9.90 Å². The third-order valence-corrected chi connectivity index (χ3v) is 3.55. The monoisotopic (exact) mass is 233 g/mol. The SMILES string of the molecule is CC1CNC(c2ccc(C(=O)O)cc2)C(C)C1. The molecule has 1 fully saturated rings. The van der Waals surface area contributed by atoms with E-state index >= 15 is 0 Å². The number of hydrogen-bond donors (Lipinski definition) is 2. The van der Waals surface area contributed by atoms with Gasteiger partial charge in [0.1, 0.15) is 0 Å². The van der Waals surface area contributed by atoms with Crippen molar-refractivity contribution in [2.75, 3.05) is 6.54 Å². The Morgan fingerprint density at radius 1 is 1.29 bits per heavy atom. The Labute approximate surface area is 102 Å². The first-order chi connectivity index (χ1) is 8.08. The van der Waals surface area contributed by atoms with E-state index in [4.69, 9.17) is 5.11 Å². The van der Waals surface area contributed by atoms with Crippen molar-refractivity contribution in [3.05, 3.63) is 35.4 Å². The molecule has 0 radical (unpaired) electrons. The number of aromatic carboxylic acids is 1.